The van der Waals surface area contributed by atoms with Crippen molar-refractivity contribution in [2.45, 2.75) is 50.8 Å². The van der Waals surface area contributed by atoms with Gasteiger partial charge >= 0.3 is 0 Å². The number of hydrogen-bond acceptors (Lipinski definition) is 6. The zero-order chi connectivity index (χ0) is 29.5. The lowest BCUT2D eigenvalue weighted by Gasteiger charge is -2.22. The Morgan fingerprint density at radius 1 is 1.12 bits per heavy atom. The van der Waals surface area contributed by atoms with E-state index < -0.39 is 33.2 Å². The van der Waals surface area contributed by atoms with E-state index in [0.29, 0.717) is 23.1 Å². The van der Waals surface area contributed by atoms with Crippen LogP contribution in [0.2, 0.25) is 0 Å². The molecule has 2 aromatic heterocycles. The molecule has 1 aliphatic rings. The van der Waals surface area contributed by atoms with Crippen LogP contribution in [0.5, 0.6) is 0 Å². The zero-order valence-electron chi connectivity index (χ0n) is 22.9. The highest BCUT2D eigenvalue weighted by Crippen LogP contribution is 2.37. The van der Waals surface area contributed by atoms with Gasteiger partial charge in [-0.3, -0.25) is 9.12 Å². The topological polar surface area (TPSA) is 114 Å². The molecule has 0 radical (unpaired) electrons. The molecule has 0 bridgehead atoms. The number of fused-ring (bicyclic) bond motifs is 1. The van der Waals surface area contributed by atoms with Crippen LogP contribution < -0.4 is 15.8 Å². The molecule has 0 fully saturated rings. The molecule has 0 saturated carbocycles. The quantitative estimate of drug-likeness (QED) is 0.248. The summed E-state index contributed by atoms with van der Waals surface area (Å²) in [6, 6.07) is 6.77. The van der Waals surface area contributed by atoms with E-state index in [2.05, 4.69) is 21.1 Å². The summed E-state index contributed by atoms with van der Waals surface area (Å²) >= 11 is 0. The van der Waals surface area contributed by atoms with Crippen molar-refractivity contribution in [1.82, 2.24) is 19.7 Å². The molecular formula is C29H31F3N6O2S. The molecule has 5 rings (SSSR count). The SMILES string of the molecule is CNC1CC=C(c2cnc(N)c3c(-c4ccc(NS(=O)(=O)Cc5cc(F)ccc5F)cc4F)nc(C(C)C)n23)CC1. The van der Waals surface area contributed by atoms with E-state index >= 15 is 4.39 Å². The van der Waals surface area contributed by atoms with Crippen LogP contribution in [-0.4, -0.2) is 35.9 Å². The standard InChI is InChI=1S/C29H31F3N6O2S/c1-16(2)29-36-26(27-28(33)35-14-25(38(27)29)17-4-7-20(34-3)8-5-17)22-10-9-21(13-24(22)32)37-41(39,40)15-18-12-19(30)6-11-23(18)31/h4,6,9-14,16,20,34,37H,5,7-8,15H2,1-3H3,(H2,33,35). The molecule has 0 amide bonds. The molecule has 1 unspecified atom stereocenters. The Bertz CT molecular complexity index is 1770. The molecule has 4 N–H and O–H groups in total. The second-order valence-corrected chi connectivity index (χ2v) is 12.2. The number of hydrogen-bond donors (Lipinski definition) is 3. The van der Waals surface area contributed by atoms with Gasteiger partial charge in [0, 0.05) is 23.1 Å². The van der Waals surface area contributed by atoms with Gasteiger partial charge in [0.15, 0.2) is 0 Å². The van der Waals surface area contributed by atoms with Crippen LogP contribution in [0.1, 0.15) is 56.1 Å². The Labute approximate surface area is 236 Å². The summed E-state index contributed by atoms with van der Waals surface area (Å²) in [6.45, 7) is 3.97. The number of nitrogens with one attached hydrogen (secondary N) is 2. The number of nitrogens with two attached hydrogens (primary N) is 1. The largest absolute Gasteiger partial charge is 0.382 e. The van der Waals surface area contributed by atoms with Crippen molar-refractivity contribution in [3.8, 4) is 11.3 Å². The number of halogens is 3. The molecule has 0 saturated heterocycles. The molecule has 1 atom stereocenters. The fourth-order valence-electron chi connectivity index (χ4n) is 5.14. The van der Waals surface area contributed by atoms with Gasteiger partial charge in [-0.25, -0.2) is 31.6 Å². The van der Waals surface area contributed by atoms with Crippen molar-refractivity contribution in [1.29, 1.82) is 0 Å². The van der Waals surface area contributed by atoms with Crippen LogP contribution in [0.4, 0.5) is 24.7 Å². The maximum Gasteiger partial charge on any atom is 0.237 e. The molecule has 8 nitrogen and oxygen atoms in total. The summed E-state index contributed by atoms with van der Waals surface area (Å²) in [4.78, 5) is 9.21. The van der Waals surface area contributed by atoms with Gasteiger partial charge in [0.2, 0.25) is 10.0 Å². The smallest absolute Gasteiger partial charge is 0.237 e. The number of benzene rings is 2. The van der Waals surface area contributed by atoms with Crippen LogP contribution in [-0.2, 0) is 15.8 Å². The lowest BCUT2D eigenvalue weighted by Crippen LogP contribution is -2.26. The number of anilines is 2. The van der Waals surface area contributed by atoms with Gasteiger partial charge in [-0.2, -0.15) is 0 Å². The number of sulfonamides is 1. The summed E-state index contributed by atoms with van der Waals surface area (Å²) in [5.41, 5.74) is 8.76. The molecular weight excluding hydrogens is 553 g/mol. The molecule has 216 valence electrons. The summed E-state index contributed by atoms with van der Waals surface area (Å²) in [6.07, 6.45) is 6.57. The average Bonchev–Trinajstić information content (AvgIpc) is 3.32. The Kier molecular flexibility index (Phi) is 7.80. The zero-order valence-corrected chi connectivity index (χ0v) is 23.7. The maximum atomic E-state index is 15.6. The molecule has 0 spiro atoms. The van der Waals surface area contributed by atoms with Gasteiger partial charge in [-0.15, -0.1) is 0 Å². The van der Waals surface area contributed by atoms with Gasteiger partial charge < -0.3 is 11.1 Å². The van der Waals surface area contributed by atoms with E-state index in [1.165, 1.54) is 12.1 Å². The van der Waals surface area contributed by atoms with E-state index in [9.17, 15) is 17.2 Å². The van der Waals surface area contributed by atoms with Crippen LogP contribution in [0.15, 0.2) is 48.7 Å². The minimum Gasteiger partial charge on any atom is -0.382 e. The van der Waals surface area contributed by atoms with E-state index in [-0.39, 0.29) is 28.6 Å². The first-order chi connectivity index (χ1) is 19.5. The fraction of sp³-hybridized carbons (Fsp3) is 0.310. The summed E-state index contributed by atoms with van der Waals surface area (Å²) in [7, 11) is -2.23. The first-order valence-electron chi connectivity index (χ1n) is 13.2. The number of rotatable bonds is 8. The number of imidazole rings is 1. The van der Waals surface area contributed by atoms with Crippen LogP contribution in [0.3, 0.4) is 0 Å². The Hall–Kier alpha value is -3.90. The van der Waals surface area contributed by atoms with Crippen LogP contribution in [0.25, 0.3) is 22.3 Å². The minimum atomic E-state index is -4.18. The van der Waals surface area contributed by atoms with Crippen molar-refractivity contribution in [3.63, 3.8) is 0 Å². The lowest BCUT2D eigenvalue weighted by molar-refractivity contribution is 0.522. The average molecular weight is 585 g/mol. The second-order valence-electron chi connectivity index (χ2n) is 10.5. The molecule has 1 aliphatic carbocycles. The molecule has 2 aromatic carbocycles. The number of nitrogens with zero attached hydrogens (tertiary/aromatic N) is 3. The lowest BCUT2D eigenvalue weighted by atomic mass is 9.93. The third-order valence-electron chi connectivity index (χ3n) is 7.23. The monoisotopic (exact) mass is 584 g/mol. The summed E-state index contributed by atoms with van der Waals surface area (Å²) < 4.78 is 72.6. The normalized spacial score (nSPS) is 15.9. The second kappa shape index (κ2) is 11.2. The van der Waals surface area contributed by atoms with Gasteiger partial charge in [-0.1, -0.05) is 19.9 Å². The van der Waals surface area contributed by atoms with E-state index in [0.717, 1.165) is 54.8 Å². The summed E-state index contributed by atoms with van der Waals surface area (Å²) in [5, 5.41) is 3.30. The fourth-order valence-corrected chi connectivity index (χ4v) is 6.33. The Morgan fingerprint density at radius 2 is 1.90 bits per heavy atom. The highest BCUT2D eigenvalue weighted by Gasteiger charge is 2.25. The van der Waals surface area contributed by atoms with Crippen LogP contribution >= 0.6 is 0 Å². The van der Waals surface area contributed by atoms with Crippen LogP contribution in [0, 0.1) is 17.5 Å². The van der Waals surface area contributed by atoms with Gasteiger partial charge in [0.1, 0.15) is 40.3 Å². The van der Waals surface area contributed by atoms with Crippen molar-refractivity contribution in [3.05, 3.63) is 83.2 Å². The van der Waals surface area contributed by atoms with Crippen molar-refractivity contribution in [2.24, 2.45) is 0 Å². The van der Waals surface area contributed by atoms with Gasteiger partial charge in [-0.05, 0) is 68.3 Å². The number of nitrogen functional groups attached to an aromatic ring is 1. The molecule has 0 aliphatic heterocycles. The van der Waals surface area contributed by atoms with Crippen molar-refractivity contribution < 1.29 is 21.6 Å². The molecule has 4 aromatic rings. The first kappa shape index (κ1) is 28.6. The van der Waals surface area contributed by atoms with Gasteiger partial charge in [0.05, 0.1) is 23.3 Å². The molecule has 41 heavy (non-hydrogen) atoms. The van der Waals surface area contributed by atoms with E-state index in [4.69, 9.17) is 10.7 Å². The third kappa shape index (κ3) is 5.80. The van der Waals surface area contributed by atoms with Gasteiger partial charge in [0.25, 0.3) is 0 Å². The molecule has 12 heteroatoms. The van der Waals surface area contributed by atoms with Crippen molar-refractivity contribution >= 4 is 32.6 Å². The summed E-state index contributed by atoms with van der Waals surface area (Å²) in [5.74, 6) is -2.33. The predicted molar refractivity (Wildman–Crippen MR) is 154 cm³/mol. The maximum absolute atomic E-state index is 15.6. The Morgan fingerprint density at radius 3 is 2.56 bits per heavy atom. The highest BCUT2D eigenvalue weighted by molar-refractivity contribution is 7.91. The third-order valence-corrected chi connectivity index (χ3v) is 8.47. The van der Waals surface area contributed by atoms with Crippen molar-refractivity contribution in [2.75, 3.05) is 17.5 Å². The molecule has 2 heterocycles. The predicted octanol–water partition coefficient (Wildman–Crippen LogP) is 5.62. The van der Waals surface area contributed by atoms with E-state index in [1.54, 1.807) is 6.20 Å². The minimum absolute atomic E-state index is 0.0246. The first-order valence-corrected chi connectivity index (χ1v) is 14.9. The Balaban J connectivity index is 1.53. The van der Waals surface area contributed by atoms with E-state index in [1.807, 2.05) is 25.3 Å². The number of allylic oxidation sites excluding steroid dienone is 1. The number of aromatic nitrogens is 3. The highest BCUT2D eigenvalue weighted by atomic mass is 32.2.